The maximum atomic E-state index is 13.6. The zero-order chi connectivity index (χ0) is 17.7. The van der Waals surface area contributed by atoms with Gasteiger partial charge in [0.05, 0.1) is 22.4 Å². The fourth-order valence-corrected chi connectivity index (χ4v) is 3.81. The highest BCUT2D eigenvalue weighted by atomic mass is 19.1. The number of fused-ring (bicyclic) bond motifs is 2. The monoisotopic (exact) mass is 344 g/mol. The zero-order valence-electron chi connectivity index (χ0n) is 14.4. The molecule has 0 aliphatic carbocycles. The molecule has 5 heteroatoms. The summed E-state index contributed by atoms with van der Waals surface area (Å²) in [5, 5.41) is 0. The van der Waals surface area contributed by atoms with Gasteiger partial charge in [-0.15, -0.1) is 0 Å². The average molecular weight is 344 g/mol. The van der Waals surface area contributed by atoms with E-state index < -0.39 is 0 Å². The van der Waals surface area contributed by atoms with Crippen molar-refractivity contribution in [2.45, 2.75) is 26.3 Å². The number of hydrogen-bond donors (Lipinski definition) is 0. The first-order valence-corrected chi connectivity index (χ1v) is 8.78. The molecular formula is C21H17FN4. The maximum absolute atomic E-state index is 13.6. The second kappa shape index (κ2) is 5.73. The molecule has 1 aliphatic rings. The molecule has 128 valence electrons. The van der Waals surface area contributed by atoms with Crippen molar-refractivity contribution in [3.63, 3.8) is 0 Å². The first kappa shape index (κ1) is 15.2. The van der Waals surface area contributed by atoms with Crippen molar-refractivity contribution < 1.29 is 4.39 Å². The molecule has 3 heterocycles. The van der Waals surface area contributed by atoms with Crippen LogP contribution in [0.2, 0.25) is 0 Å². The van der Waals surface area contributed by atoms with Crippen molar-refractivity contribution >= 4 is 11.0 Å². The molecule has 1 aliphatic heterocycles. The number of aryl methyl sites for hydroxylation is 2. The van der Waals surface area contributed by atoms with Crippen molar-refractivity contribution in [2.24, 2.45) is 0 Å². The number of nitrogens with zero attached hydrogens (tertiary/aromatic N) is 4. The first-order valence-electron chi connectivity index (χ1n) is 8.78. The molecule has 2 aromatic carbocycles. The Kier molecular flexibility index (Phi) is 3.35. The lowest BCUT2D eigenvalue weighted by Gasteiger charge is -2.11. The minimum absolute atomic E-state index is 0.222. The van der Waals surface area contributed by atoms with E-state index in [1.807, 2.05) is 19.1 Å². The SMILES string of the molecule is Cc1cc(F)ccc1-c1nc2n(c1-c1ccc3nccnc3c1)CCC2. The lowest BCUT2D eigenvalue weighted by molar-refractivity contribution is 0.627. The Morgan fingerprint density at radius 3 is 2.69 bits per heavy atom. The summed E-state index contributed by atoms with van der Waals surface area (Å²) in [6.07, 6.45) is 5.48. The minimum atomic E-state index is -0.222. The Hall–Kier alpha value is -3.08. The highest BCUT2D eigenvalue weighted by Gasteiger charge is 2.24. The summed E-state index contributed by atoms with van der Waals surface area (Å²) >= 11 is 0. The molecule has 0 radical (unpaired) electrons. The van der Waals surface area contributed by atoms with Crippen LogP contribution in [0.5, 0.6) is 0 Å². The minimum Gasteiger partial charge on any atom is -0.327 e. The van der Waals surface area contributed by atoms with Crippen LogP contribution in [0.4, 0.5) is 4.39 Å². The number of halogens is 1. The molecule has 0 N–H and O–H groups in total. The average Bonchev–Trinajstić information content (AvgIpc) is 3.22. The van der Waals surface area contributed by atoms with Crippen LogP contribution in [0.3, 0.4) is 0 Å². The predicted octanol–water partition coefficient (Wildman–Crippen LogP) is 4.55. The molecule has 26 heavy (non-hydrogen) atoms. The Labute approximate surface area is 150 Å². The lowest BCUT2D eigenvalue weighted by atomic mass is 10.0. The van der Waals surface area contributed by atoms with E-state index in [1.165, 1.54) is 6.07 Å². The van der Waals surface area contributed by atoms with Crippen LogP contribution in [0.15, 0.2) is 48.8 Å². The normalized spacial score (nSPS) is 13.3. The van der Waals surface area contributed by atoms with Gasteiger partial charge < -0.3 is 4.57 Å². The first-order chi connectivity index (χ1) is 12.7. The van der Waals surface area contributed by atoms with Crippen LogP contribution >= 0.6 is 0 Å². The number of hydrogen-bond acceptors (Lipinski definition) is 3. The van der Waals surface area contributed by atoms with Crippen LogP contribution in [0, 0.1) is 12.7 Å². The molecule has 0 bridgehead atoms. The van der Waals surface area contributed by atoms with E-state index >= 15 is 0 Å². The zero-order valence-corrected chi connectivity index (χ0v) is 14.4. The summed E-state index contributed by atoms with van der Waals surface area (Å²) in [6, 6.07) is 11.0. The summed E-state index contributed by atoms with van der Waals surface area (Å²) in [6.45, 7) is 2.88. The van der Waals surface area contributed by atoms with Gasteiger partial charge in [-0.05, 0) is 49.2 Å². The molecule has 2 aromatic heterocycles. The van der Waals surface area contributed by atoms with Crippen molar-refractivity contribution in [3.05, 3.63) is 66.0 Å². The van der Waals surface area contributed by atoms with Crippen molar-refractivity contribution in [3.8, 4) is 22.5 Å². The Morgan fingerprint density at radius 2 is 1.85 bits per heavy atom. The van der Waals surface area contributed by atoms with Crippen LogP contribution in [0.1, 0.15) is 17.8 Å². The van der Waals surface area contributed by atoms with Gasteiger partial charge in [-0.25, -0.2) is 9.37 Å². The van der Waals surface area contributed by atoms with Gasteiger partial charge in [0.15, 0.2) is 0 Å². The van der Waals surface area contributed by atoms with E-state index in [2.05, 4.69) is 26.7 Å². The number of imidazole rings is 1. The third-order valence-corrected chi connectivity index (χ3v) is 5.02. The molecule has 0 amide bonds. The molecule has 0 saturated carbocycles. The van der Waals surface area contributed by atoms with E-state index in [9.17, 15) is 4.39 Å². The third kappa shape index (κ3) is 2.31. The highest BCUT2D eigenvalue weighted by Crippen LogP contribution is 2.37. The standard InChI is InChI=1S/C21H17FN4/c1-13-11-15(22)5-6-16(13)20-21(26-10-2-3-19(26)25-20)14-4-7-17-18(12-14)24-9-8-23-17/h4-9,11-12H,2-3,10H2,1H3. The summed E-state index contributed by atoms with van der Waals surface area (Å²) in [5.41, 5.74) is 6.67. The van der Waals surface area contributed by atoms with Crippen molar-refractivity contribution in [1.82, 2.24) is 19.5 Å². The van der Waals surface area contributed by atoms with E-state index in [4.69, 9.17) is 4.98 Å². The topological polar surface area (TPSA) is 43.6 Å². The van der Waals surface area contributed by atoms with Gasteiger partial charge in [0, 0.05) is 36.5 Å². The van der Waals surface area contributed by atoms with E-state index in [0.29, 0.717) is 0 Å². The number of rotatable bonds is 2. The molecule has 4 aromatic rings. The molecule has 0 saturated heterocycles. The van der Waals surface area contributed by atoms with Gasteiger partial charge in [-0.2, -0.15) is 0 Å². The third-order valence-electron chi connectivity index (χ3n) is 5.02. The second-order valence-electron chi connectivity index (χ2n) is 6.70. The summed E-state index contributed by atoms with van der Waals surface area (Å²) in [4.78, 5) is 13.7. The Balaban J connectivity index is 1.77. The molecule has 0 spiro atoms. The van der Waals surface area contributed by atoms with E-state index in [1.54, 1.807) is 18.5 Å². The quantitative estimate of drug-likeness (QED) is 0.536. The fourth-order valence-electron chi connectivity index (χ4n) is 3.81. The summed E-state index contributed by atoms with van der Waals surface area (Å²) in [7, 11) is 0. The van der Waals surface area contributed by atoms with Crippen LogP contribution in [-0.4, -0.2) is 19.5 Å². The maximum Gasteiger partial charge on any atom is 0.123 e. The van der Waals surface area contributed by atoms with Gasteiger partial charge in [-0.3, -0.25) is 9.97 Å². The lowest BCUT2D eigenvalue weighted by Crippen LogP contribution is -1.97. The van der Waals surface area contributed by atoms with E-state index in [0.717, 1.165) is 64.3 Å². The van der Waals surface area contributed by atoms with Gasteiger partial charge in [-0.1, -0.05) is 6.07 Å². The Morgan fingerprint density at radius 1 is 1.00 bits per heavy atom. The molecule has 4 nitrogen and oxygen atoms in total. The molecule has 0 atom stereocenters. The highest BCUT2D eigenvalue weighted by molar-refractivity contribution is 5.86. The predicted molar refractivity (Wildman–Crippen MR) is 99.2 cm³/mol. The van der Waals surface area contributed by atoms with Crippen LogP contribution in [0.25, 0.3) is 33.5 Å². The largest absolute Gasteiger partial charge is 0.327 e. The number of aromatic nitrogens is 4. The van der Waals surface area contributed by atoms with Crippen LogP contribution in [-0.2, 0) is 13.0 Å². The molecule has 0 unspecified atom stereocenters. The van der Waals surface area contributed by atoms with Gasteiger partial charge in [0.2, 0.25) is 0 Å². The van der Waals surface area contributed by atoms with E-state index in [-0.39, 0.29) is 5.82 Å². The molecule has 0 fully saturated rings. The molecule has 5 rings (SSSR count). The van der Waals surface area contributed by atoms with Gasteiger partial charge >= 0.3 is 0 Å². The fraction of sp³-hybridized carbons (Fsp3) is 0.190. The Bertz CT molecular complexity index is 1150. The van der Waals surface area contributed by atoms with Gasteiger partial charge in [0.1, 0.15) is 11.6 Å². The smallest absolute Gasteiger partial charge is 0.123 e. The number of benzene rings is 2. The van der Waals surface area contributed by atoms with Gasteiger partial charge in [0.25, 0.3) is 0 Å². The summed E-state index contributed by atoms with van der Waals surface area (Å²) < 4.78 is 15.9. The van der Waals surface area contributed by atoms with Crippen molar-refractivity contribution in [2.75, 3.05) is 0 Å². The summed E-state index contributed by atoms with van der Waals surface area (Å²) in [5.74, 6) is 0.874. The second-order valence-corrected chi connectivity index (χ2v) is 6.70. The van der Waals surface area contributed by atoms with Crippen molar-refractivity contribution in [1.29, 1.82) is 0 Å². The van der Waals surface area contributed by atoms with Crippen LogP contribution < -0.4 is 0 Å². The molecular weight excluding hydrogens is 327 g/mol.